The van der Waals surface area contributed by atoms with Gasteiger partial charge in [0.05, 0.1) is 12.5 Å². The van der Waals surface area contributed by atoms with Gasteiger partial charge in [0.25, 0.3) is 0 Å². The van der Waals surface area contributed by atoms with Crippen molar-refractivity contribution in [3.05, 3.63) is 47.8 Å². The van der Waals surface area contributed by atoms with E-state index in [4.69, 9.17) is 8.83 Å². The molecule has 0 unspecified atom stereocenters. The summed E-state index contributed by atoms with van der Waals surface area (Å²) in [6.45, 7) is 2.10. The Bertz CT molecular complexity index is 532. The standard InChI is InChI=1S/C16H21NO3/c1-11(10-14(18)16-6-3-8-19-16)17-13-4-2-5-15-12(13)7-9-20-15/h3,6-9,11,13-14,17-18H,2,4-5,10H2,1H3/t11-,13-,14+/m1/s1. The number of fused-ring (bicyclic) bond motifs is 1. The first-order valence-electron chi connectivity index (χ1n) is 7.28. The van der Waals surface area contributed by atoms with Crippen molar-refractivity contribution in [1.29, 1.82) is 0 Å². The van der Waals surface area contributed by atoms with Gasteiger partial charge in [-0.05, 0) is 44.4 Å². The average molecular weight is 275 g/mol. The van der Waals surface area contributed by atoms with Gasteiger partial charge >= 0.3 is 0 Å². The molecule has 4 nitrogen and oxygen atoms in total. The predicted molar refractivity (Wildman–Crippen MR) is 75.3 cm³/mol. The number of aryl methyl sites for hydroxylation is 1. The summed E-state index contributed by atoms with van der Waals surface area (Å²) in [5.41, 5.74) is 1.27. The van der Waals surface area contributed by atoms with E-state index in [2.05, 4.69) is 18.3 Å². The fourth-order valence-corrected chi connectivity index (χ4v) is 3.00. The monoisotopic (exact) mass is 275 g/mol. The fraction of sp³-hybridized carbons (Fsp3) is 0.500. The number of rotatable bonds is 5. The first-order valence-corrected chi connectivity index (χ1v) is 7.28. The van der Waals surface area contributed by atoms with Crippen molar-refractivity contribution in [2.75, 3.05) is 0 Å². The van der Waals surface area contributed by atoms with Crippen LogP contribution in [0.15, 0.2) is 39.6 Å². The van der Waals surface area contributed by atoms with Gasteiger partial charge in [-0.25, -0.2) is 0 Å². The normalized spacial score (nSPS) is 21.4. The number of hydrogen-bond acceptors (Lipinski definition) is 4. The molecule has 0 spiro atoms. The smallest absolute Gasteiger partial charge is 0.132 e. The van der Waals surface area contributed by atoms with E-state index >= 15 is 0 Å². The minimum absolute atomic E-state index is 0.209. The molecular formula is C16H21NO3. The zero-order valence-corrected chi connectivity index (χ0v) is 11.7. The fourth-order valence-electron chi connectivity index (χ4n) is 3.00. The zero-order chi connectivity index (χ0) is 13.9. The second kappa shape index (κ2) is 5.85. The molecule has 0 aromatic carbocycles. The van der Waals surface area contributed by atoms with Crippen LogP contribution in [0.1, 0.15) is 55.4 Å². The lowest BCUT2D eigenvalue weighted by molar-refractivity contribution is 0.126. The molecule has 4 heteroatoms. The van der Waals surface area contributed by atoms with Crippen molar-refractivity contribution in [2.24, 2.45) is 0 Å². The molecule has 0 amide bonds. The number of hydrogen-bond donors (Lipinski definition) is 2. The zero-order valence-electron chi connectivity index (χ0n) is 11.7. The molecule has 0 fully saturated rings. The van der Waals surface area contributed by atoms with Crippen LogP contribution in [0.3, 0.4) is 0 Å². The molecule has 20 heavy (non-hydrogen) atoms. The Morgan fingerprint density at radius 1 is 1.35 bits per heavy atom. The van der Waals surface area contributed by atoms with E-state index in [9.17, 15) is 5.11 Å². The Morgan fingerprint density at radius 3 is 3.05 bits per heavy atom. The lowest BCUT2D eigenvalue weighted by atomic mass is 9.92. The first kappa shape index (κ1) is 13.5. The molecule has 2 aromatic heterocycles. The molecule has 108 valence electrons. The van der Waals surface area contributed by atoms with Crippen molar-refractivity contribution in [3.63, 3.8) is 0 Å². The molecule has 0 saturated carbocycles. The molecule has 2 heterocycles. The summed E-state index contributed by atoms with van der Waals surface area (Å²) in [6, 6.07) is 6.21. The van der Waals surface area contributed by atoms with E-state index in [1.165, 1.54) is 5.56 Å². The summed E-state index contributed by atoms with van der Waals surface area (Å²) in [5, 5.41) is 13.7. The second-order valence-electron chi connectivity index (χ2n) is 5.58. The van der Waals surface area contributed by atoms with Gasteiger partial charge in [-0.1, -0.05) is 0 Å². The Balaban J connectivity index is 1.59. The van der Waals surface area contributed by atoms with Crippen molar-refractivity contribution in [1.82, 2.24) is 5.32 Å². The molecule has 1 aliphatic carbocycles. The van der Waals surface area contributed by atoms with E-state index in [-0.39, 0.29) is 6.04 Å². The summed E-state index contributed by atoms with van der Waals surface area (Å²) in [5.74, 6) is 1.74. The Hall–Kier alpha value is -1.52. The van der Waals surface area contributed by atoms with E-state index in [0.29, 0.717) is 18.2 Å². The molecule has 3 atom stereocenters. The molecule has 3 rings (SSSR count). The first-order chi connectivity index (χ1) is 9.74. The predicted octanol–water partition coefficient (Wildman–Crippen LogP) is 3.35. The van der Waals surface area contributed by atoms with Crippen LogP contribution in [0, 0.1) is 0 Å². The summed E-state index contributed by atoms with van der Waals surface area (Å²) < 4.78 is 10.7. The third kappa shape index (κ3) is 2.81. The SMILES string of the molecule is C[C@H](C[C@H](O)c1ccco1)N[C@@H]1CCCc2occc21. The van der Waals surface area contributed by atoms with Crippen molar-refractivity contribution in [2.45, 2.75) is 50.8 Å². The highest BCUT2D eigenvalue weighted by atomic mass is 16.4. The maximum atomic E-state index is 10.1. The molecule has 2 aromatic rings. The van der Waals surface area contributed by atoms with Crippen LogP contribution in [-0.2, 0) is 6.42 Å². The largest absolute Gasteiger partial charge is 0.469 e. The van der Waals surface area contributed by atoms with Gasteiger partial charge in [0.1, 0.15) is 17.6 Å². The van der Waals surface area contributed by atoms with Gasteiger partial charge in [0.15, 0.2) is 0 Å². The molecule has 2 N–H and O–H groups in total. The van der Waals surface area contributed by atoms with Crippen molar-refractivity contribution >= 4 is 0 Å². The van der Waals surface area contributed by atoms with Gasteiger partial charge in [0.2, 0.25) is 0 Å². The maximum absolute atomic E-state index is 10.1. The van der Waals surface area contributed by atoms with Crippen LogP contribution in [0.4, 0.5) is 0 Å². The Kier molecular flexibility index (Phi) is 3.94. The van der Waals surface area contributed by atoms with E-state index in [0.717, 1.165) is 25.0 Å². The number of nitrogens with one attached hydrogen (secondary N) is 1. The minimum Gasteiger partial charge on any atom is -0.469 e. The molecular weight excluding hydrogens is 254 g/mol. The lowest BCUT2D eigenvalue weighted by Crippen LogP contribution is -2.33. The lowest BCUT2D eigenvalue weighted by Gasteiger charge is -2.27. The highest BCUT2D eigenvalue weighted by molar-refractivity contribution is 5.24. The van der Waals surface area contributed by atoms with Crippen LogP contribution < -0.4 is 5.32 Å². The molecule has 0 saturated heterocycles. The molecule has 0 radical (unpaired) electrons. The summed E-state index contributed by atoms with van der Waals surface area (Å²) >= 11 is 0. The van der Waals surface area contributed by atoms with Crippen LogP contribution in [0.2, 0.25) is 0 Å². The Morgan fingerprint density at radius 2 is 2.25 bits per heavy atom. The van der Waals surface area contributed by atoms with E-state index in [1.807, 2.05) is 6.07 Å². The van der Waals surface area contributed by atoms with Gasteiger partial charge in [-0.15, -0.1) is 0 Å². The number of aliphatic hydroxyl groups excluding tert-OH is 1. The summed E-state index contributed by atoms with van der Waals surface area (Å²) in [7, 11) is 0. The third-order valence-corrected chi connectivity index (χ3v) is 3.99. The maximum Gasteiger partial charge on any atom is 0.132 e. The summed E-state index contributed by atoms with van der Waals surface area (Å²) in [4.78, 5) is 0. The highest BCUT2D eigenvalue weighted by Crippen LogP contribution is 2.31. The average Bonchev–Trinajstić information content (AvgIpc) is 3.10. The van der Waals surface area contributed by atoms with Crippen molar-refractivity contribution in [3.8, 4) is 0 Å². The minimum atomic E-state index is -0.556. The molecule has 0 aliphatic heterocycles. The van der Waals surface area contributed by atoms with Crippen LogP contribution in [0.5, 0.6) is 0 Å². The van der Waals surface area contributed by atoms with Crippen molar-refractivity contribution < 1.29 is 13.9 Å². The topological polar surface area (TPSA) is 58.5 Å². The van der Waals surface area contributed by atoms with Crippen LogP contribution in [0.25, 0.3) is 0 Å². The molecule has 1 aliphatic rings. The Labute approximate surface area is 118 Å². The van der Waals surface area contributed by atoms with Gasteiger partial charge < -0.3 is 19.3 Å². The second-order valence-corrected chi connectivity index (χ2v) is 5.58. The van der Waals surface area contributed by atoms with Crippen LogP contribution in [-0.4, -0.2) is 11.1 Å². The van der Waals surface area contributed by atoms with Crippen LogP contribution >= 0.6 is 0 Å². The van der Waals surface area contributed by atoms with E-state index < -0.39 is 6.10 Å². The van der Waals surface area contributed by atoms with Gasteiger partial charge in [-0.2, -0.15) is 0 Å². The highest BCUT2D eigenvalue weighted by Gasteiger charge is 2.24. The number of aliphatic hydroxyl groups is 1. The van der Waals surface area contributed by atoms with Gasteiger partial charge in [0, 0.05) is 24.1 Å². The summed E-state index contributed by atoms with van der Waals surface area (Å²) in [6.07, 6.45) is 6.74. The van der Waals surface area contributed by atoms with E-state index in [1.54, 1.807) is 18.6 Å². The van der Waals surface area contributed by atoms with Gasteiger partial charge in [-0.3, -0.25) is 0 Å². The molecule has 0 bridgehead atoms. The number of furan rings is 2. The quantitative estimate of drug-likeness (QED) is 0.878. The third-order valence-electron chi connectivity index (χ3n) is 3.99.